The normalized spacial score (nSPS) is 35.6. The van der Waals surface area contributed by atoms with Crippen LogP contribution in [-0.4, -0.2) is 105 Å². The fourth-order valence-electron chi connectivity index (χ4n) is 5.65. The molecule has 184 valence electrons. The summed E-state index contributed by atoms with van der Waals surface area (Å²) < 4.78 is 0. The number of likely N-dealkylation sites (N-methyl/N-ethyl adjacent to an activating group) is 1. The molecule has 2 amide bonds. The van der Waals surface area contributed by atoms with Gasteiger partial charge in [0.2, 0.25) is 11.8 Å². The topological polar surface area (TPSA) is 142 Å². The predicted molar refractivity (Wildman–Crippen MR) is 122 cm³/mol. The van der Waals surface area contributed by atoms with Crippen molar-refractivity contribution >= 4 is 29.5 Å². The van der Waals surface area contributed by atoms with Gasteiger partial charge in [-0.1, -0.05) is 6.92 Å². The third-order valence-corrected chi connectivity index (χ3v) is 9.04. The van der Waals surface area contributed by atoms with Gasteiger partial charge in [0.1, 0.15) is 5.70 Å². The molecule has 3 fully saturated rings. The maximum atomic E-state index is 12.6. The average Bonchev–Trinajstić information content (AvgIpc) is 3.46. The van der Waals surface area contributed by atoms with Gasteiger partial charge in [0.15, 0.2) is 0 Å². The largest absolute Gasteiger partial charge is 0.477 e. The highest BCUT2D eigenvalue weighted by Crippen LogP contribution is 2.51. The van der Waals surface area contributed by atoms with E-state index in [4.69, 9.17) is 0 Å². The number of nitrogens with one attached hydrogen (secondary N) is 2. The van der Waals surface area contributed by atoms with Crippen LogP contribution in [0.4, 0.5) is 0 Å². The molecule has 0 aromatic heterocycles. The quantitative estimate of drug-likeness (QED) is 0.280. The molecule has 4 rings (SSSR count). The van der Waals surface area contributed by atoms with E-state index in [-0.39, 0.29) is 47.2 Å². The third kappa shape index (κ3) is 4.41. The summed E-state index contributed by atoms with van der Waals surface area (Å²) in [5.41, 5.74) is 0.0201. The number of hydrogen-bond donors (Lipinski definition) is 5. The molecule has 0 aromatic carbocycles. The zero-order chi connectivity index (χ0) is 24.0. The molecule has 0 aromatic rings. The molecule has 0 aliphatic carbocycles. The van der Waals surface area contributed by atoms with Gasteiger partial charge >= 0.3 is 5.97 Å². The average molecular weight is 483 g/mol. The molecule has 0 saturated carbocycles. The number of fused-ring (bicyclic) bond motifs is 1. The highest BCUT2D eigenvalue weighted by Gasteiger charge is 2.60. The first-order valence-electron chi connectivity index (χ1n) is 11.7. The van der Waals surface area contributed by atoms with Crippen LogP contribution in [0, 0.1) is 11.8 Å². The highest BCUT2D eigenvalue weighted by atomic mass is 32.2. The fraction of sp³-hybridized carbons (Fsp3) is 0.773. The Morgan fingerprint density at radius 3 is 2.67 bits per heavy atom. The van der Waals surface area contributed by atoms with Crippen LogP contribution in [0.2, 0.25) is 0 Å². The zero-order valence-corrected chi connectivity index (χ0v) is 20.0. The Bertz CT molecular complexity index is 851. The van der Waals surface area contributed by atoms with E-state index < -0.39 is 24.1 Å². The number of likely N-dealkylation sites (tertiary alicyclic amines) is 1. The van der Waals surface area contributed by atoms with E-state index in [1.807, 2.05) is 14.0 Å². The highest BCUT2D eigenvalue weighted by molar-refractivity contribution is 8.03. The predicted octanol–water partition coefficient (Wildman–Crippen LogP) is -0.825. The summed E-state index contributed by atoms with van der Waals surface area (Å²) in [6, 6.07) is -0.280. The summed E-state index contributed by atoms with van der Waals surface area (Å²) in [6.45, 7) is 5.40. The smallest absolute Gasteiger partial charge is 0.353 e. The van der Waals surface area contributed by atoms with Gasteiger partial charge in [-0.15, -0.1) is 11.8 Å². The van der Waals surface area contributed by atoms with Crippen LogP contribution in [0.5, 0.6) is 0 Å². The third-order valence-electron chi connectivity index (χ3n) is 7.53. The second kappa shape index (κ2) is 9.53. The fourth-order valence-corrected chi connectivity index (χ4v) is 7.14. The maximum absolute atomic E-state index is 12.6. The standard InChI is InChI=1S/C22H34N4O6S/c1-10-18-17(11(2)27)21(30)26(18)19(22(31)32)20(10)33-13-6-14(24-8-13)15(28)7-16(29)25-5-4-12(9-25)23-3/h10-15,17-18,23-24,27-28H,4-9H2,1-3H3,(H,31,32)/t10?,11?,12?,13?,14?,15?,17?,18-/m1/s1. The molecule has 4 aliphatic heterocycles. The number of carboxylic acid groups (broad SMARTS) is 1. The molecular formula is C22H34N4O6S. The summed E-state index contributed by atoms with van der Waals surface area (Å²) >= 11 is 1.44. The van der Waals surface area contributed by atoms with E-state index in [1.54, 1.807) is 11.8 Å². The minimum absolute atomic E-state index is 0.0193. The van der Waals surface area contributed by atoms with E-state index in [1.165, 1.54) is 16.7 Å². The van der Waals surface area contributed by atoms with Crippen LogP contribution in [0.25, 0.3) is 0 Å². The van der Waals surface area contributed by atoms with Crippen LogP contribution >= 0.6 is 11.8 Å². The first-order valence-corrected chi connectivity index (χ1v) is 12.5. The number of carbonyl (C=O) groups excluding carboxylic acids is 2. The number of aliphatic carboxylic acids is 1. The molecule has 0 spiro atoms. The Balaban J connectivity index is 1.36. The Morgan fingerprint density at radius 1 is 1.33 bits per heavy atom. The first-order chi connectivity index (χ1) is 15.6. The number of rotatable bonds is 8. The Hall–Kier alpha value is -1.66. The second-order valence-electron chi connectivity index (χ2n) is 9.65. The molecule has 4 aliphatic rings. The lowest BCUT2D eigenvalue weighted by atomic mass is 9.79. The van der Waals surface area contributed by atoms with Gasteiger partial charge < -0.3 is 35.8 Å². The molecule has 33 heavy (non-hydrogen) atoms. The number of aliphatic hydroxyl groups is 2. The zero-order valence-electron chi connectivity index (χ0n) is 19.2. The van der Waals surface area contributed by atoms with Crippen LogP contribution in [0.15, 0.2) is 10.6 Å². The monoisotopic (exact) mass is 482 g/mol. The van der Waals surface area contributed by atoms with Gasteiger partial charge in [0.05, 0.1) is 30.6 Å². The Kier molecular flexibility index (Phi) is 7.07. The molecule has 3 saturated heterocycles. The molecule has 0 bridgehead atoms. The Labute approximate surface area is 197 Å². The second-order valence-corrected chi connectivity index (χ2v) is 11.0. The molecular weight excluding hydrogens is 448 g/mol. The number of aliphatic hydroxyl groups excluding tert-OH is 2. The number of amides is 2. The van der Waals surface area contributed by atoms with Crippen LogP contribution in [0.3, 0.4) is 0 Å². The van der Waals surface area contributed by atoms with E-state index in [9.17, 15) is 29.7 Å². The lowest BCUT2D eigenvalue weighted by Crippen LogP contribution is -2.63. The van der Waals surface area contributed by atoms with Crippen LogP contribution in [-0.2, 0) is 14.4 Å². The number of carboxylic acids is 1. The number of β-lactam (4-membered cyclic amide) rings is 1. The van der Waals surface area contributed by atoms with Crippen molar-refractivity contribution in [3.8, 4) is 0 Å². The van der Waals surface area contributed by atoms with Crippen molar-refractivity contribution in [3.63, 3.8) is 0 Å². The number of carbonyl (C=O) groups is 3. The summed E-state index contributed by atoms with van der Waals surface area (Å²) in [5, 5.41) is 36.9. The molecule has 10 nitrogen and oxygen atoms in total. The van der Waals surface area contributed by atoms with Crippen LogP contribution in [0.1, 0.15) is 33.1 Å². The SMILES string of the molecule is CNC1CCN(C(=O)CC(O)C2CC(SC3=C(C(=O)O)N4C(=O)C(C(C)O)[C@H]4C3C)CN2)C1. The van der Waals surface area contributed by atoms with Gasteiger partial charge in [0.25, 0.3) is 0 Å². The van der Waals surface area contributed by atoms with E-state index in [2.05, 4.69) is 10.6 Å². The minimum Gasteiger partial charge on any atom is -0.477 e. The molecule has 5 N–H and O–H groups in total. The van der Waals surface area contributed by atoms with Gasteiger partial charge in [0, 0.05) is 47.8 Å². The van der Waals surface area contributed by atoms with Crippen molar-refractivity contribution in [3.05, 3.63) is 10.6 Å². The summed E-state index contributed by atoms with van der Waals surface area (Å²) in [5.74, 6) is -2.29. The summed E-state index contributed by atoms with van der Waals surface area (Å²) in [7, 11) is 1.88. The van der Waals surface area contributed by atoms with E-state index in [0.29, 0.717) is 37.0 Å². The van der Waals surface area contributed by atoms with Crippen molar-refractivity contribution in [1.29, 1.82) is 0 Å². The lowest BCUT2D eigenvalue weighted by molar-refractivity contribution is -0.163. The van der Waals surface area contributed by atoms with E-state index in [0.717, 1.165) is 6.42 Å². The van der Waals surface area contributed by atoms with Gasteiger partial charge in [-0.2, -0.15) is 0 Å². The lowest BCUT2D eigenvalue weighted by Gasteiger charge is -2.46. The number of thioether (sulfide) groups is 1. The van der Waals surface area contributed by atoms with Crippen molar-refractivity contribution in [2.24, 2.45) is 11.8 Å². The first kappa shape index (κ1) is 24.5. The van der Waals surface area contributed by atoms with Crippen molar-refractivity contribution in [1.82, 2.24) is 20.4 Å². The molecule has 0 radical (unpaired) electrons. The molecule has 7 unspecified atom stereocenters. The van der Waals surface area contributed by atoms with Crippen molar-refractivity contribution in [2.75, 3.05) is 26.7 Å². The maximum Gasteiger partial charge on any atom is 0.353 e. The molecule has 11 heteroatoms. The number of hydrogen-bond acceptors (Lipinski definition) is 8. The van der Waals surface area contributed by atoms with Crippen LogP contribution < -0.4 is 10.6 Å². The van der Waals surface area contributed by atoms with Gasteiger partial charge in [-0.25, -0.2) is 4.79 Å². The van der Waals surface area contributed by atoms with Crippen molar-refractivity contribution < 1.29 is 29.7 Å². The minimum atomic E-state index is -1.14. The van der Waals surface area contributed by atoms with Crippen molar-refractivity contribution in [2.45, 2.75) is 68.7 Å². The molecule has 8 atom stereocenters. The van der Waals surface area contributed by atoms with E-state index >= 15 is 0 Å². The van der Waals surface area contributed by atoms with Gasteiger partial charge in [-0.05, 0) is 26.8 Å². The summed E-state index contributed by atoms with van der Waals surface area (Å²) in [6.07, 6.45) is -0.0730. The molecule has 4 heterocycles. The number of nitrogens with zero attached hydrogens (tertiary/aromatic N) is 2. The van der Waals surface area contributed by atoms with Gasteiger partial charge in [-0.3, -0.25) is 9.59 Å². The summed E-state index contributed by atoms with van der Waals surface area (Å²) in [4.78, 5) is 40.8. The Morgan fingerprint density at radius 2 is 2.06 bits per heavy atom.